The van der Waals surface area contributed by atoms with Gasteiger partial charge < -0.3 is 16.0 Å². The zero-order chi connectivity index (χ0) is 14.7. The Morgan fingerprint density at radius 1 is 1.30 bits per heavy atom. The quantitative estimate of drug-likeness (QED) is 0.887. The first-order valence-electron chi connectivity index (χ1n) is 5.65. The van der Waals surface area contributed by atoms with E-state index in [2.05, 4.69) is 20.3 Å². The highest BCUT2D eigenvalue weighted by atomic mass is 35.5. The zero-order valence-corrected chi connectivity index (χ0v) is 11.7. The number of hydrogen-bond acceptors (Lipinski definition) is 7. The van der Waals surface area contributed by atoms with E-state index in [-0.39, 0.29) is 11.9 Å². The number of nitrogens with zero attached hydrogens (tertiary/aromatic N) is 5. The summed E-state index contributed by atoms with van der Waals surface area (Å²) in [5.41, 5.74) is 6.64. The standard InChI is InChI=1S/C12H12ClN7/c1-20(2)12-18-10(15)17-11(19-12)16-9-5-7(6-14)3-4-8(9)13/h3-5H,1-2H3,(H3,15,16,17,18,19). The van der Waals surface area contributed by atoms with Crippen LogP contribution in [-0.2, 0) is 0 Å². The molecule has 2 aromatic rings. The van der Waals surface area contributed by atoms with Crippen molar-refractivity contribution < 1.29 is 0 Å². The molecule has 1 aromatic heterocycles. The Balaban J connectivity index is 2.37. The molecule has 20 heavy (non-hydrogen) atoms. The number of aromatic nitrogens is 3. The zero-order valence-electron chi connectivity index (χ0n) is 10.9. The monoisotopic (exact) mass is 289 g/mol. The fourth-order valence-electron chi connectivity index (χ4n) is 1.45. The molecule has 0 aliphatic heterocycles. The van der Waals surface area contributed by atoms with Crippen molar-refractivity contribution >= 4 is 35.1 Å². The number of nitriles is 1. The van der Waals surface area contributed by atoms with Crippen molar-refractivity contribution in [3.8, 4) is 6.07 Å². The van der Waals surface area contributed by atoms with Crippen LogP contribution < -0.4 is 16.0 Å². The van der Waals surface area contributed by atoms with E-state index in [1.165, 1.54) is 0 Å². The first kappa shape index (κ1) is 13.8. The van der Waals surface area contributed by atoms with Gasteiger partial charge in [0.25, 0.3) is 0 Å². The Bertz CT molecular complexity index is 678. The second-order valence-corrected chi connectivity index (χ2v) is 4.55. The number of nitrogens with one attached hydrogen (secondary N) is 1. The molecule has 0 radical (unpaired) electrons. The average Bonchev–Trinajstić information content (AvgIpc) is 2.40. The van der Waals surface area contributed by atoms with Gasteiger partial charge in [-0.2, -0.15) is 20.2 Å². The lowest BCUT2D eigenvalue weighted by Crippen LogP contribution is -2.15. The molecule has 0 saturated heterocycles. The van der Waals surface area contributed by atoms with Crippen molar-refractivity contribution in [1.29, 1.82) is 5.26 Å². The van der Waals surface area contributed by atoms with E-state index in [1.54, 1.807) is 37.2 Å². The molecule has 2 rings (SSSR count). The molecule has 102 valence electrons. The Labute approximate surface area is 121 Å². The summed E-state index contributed by atoms with van der Waals surface area (Å²) in [4.78, 5) is 13.9. The average molecular weight is 290 g/mol. The summed E-state index contributed by atoms with van der Waals surface area (Å²) >= 11 is 6.06. The van der Waals surface area contributed by atoms with Gasteiger partial charge in [0.05, 0.1) is 22.3 Å². The molecule has 0 bridgehead atoms. The summed E-state index contributed by atoms with van der Waals surface area (Å²) in [6.07, 6.45) is 0. The second-order valence-electron chi connectivity index (χ2n) is 4.14. The van der Waals surface area contributed by atoms with Crippen LogP contribution in [0.5, 0.6) is 0 Å². The Kier molecular flexibility index (Phi) is 3.86. The van der Waals surface area contributed by atoms with Crippen molar-refractivity contribution in [2.24, 2.45) is 0 Å². The first-order chi connectivity index (χ1) is 9.49. The Hall–Kier alpha value is -2.59. The lowest BCUT2D eigenvalue weighted by molar-refractivity contribution is 0.969. The maximum Gasteiger partial charge on any atom is 0.233 e. The molecule has 8 heteroatoms. The summed E-state index contributed by atoms with van der Waals surface area (Å²) in [6, 6.07) is 6.90. The molecule has 3 N–H and O–H groups in total. The van der Waals surface area contributed by atoms with Crippen LogP contribution in [0, 0.1) is 11.3 Å². The molecule has 0 unspecified atom stereocenters. The molecule has 7 nitrogen and oxygen atoms in total. The Morgan fingerprint density at radius 2 is 2.05 bits per heavy atom. The van der Waals surface area contributed by atoms with Gasteiger partial charge in [-0.3, -0.25) is 0 Å². The van der Waals surface area contributed by atoms with Crippen LogP contribution in [0.1, 0.15) is 5.56 Å². The van der Waals surface area contributed by atoms with Crippen LogP contribution in [0.3, 0.4) is 0 Å². The summed E-state index contributed by atoms with van der Waals surface area (Å²) in [5, 5.41) is 12.3. The molecule has 0 aliphatic carbocycles. The molecule has 1 aromatic carbocycles. The summed E-state index contributed by atoms with van der Waals surface area (Å²) in [7, 11) is 3.59. The lowest BCUT2D eigenvalue weighted by Gasteiger charge is -2.12. The predicted molar refractivity (Wildman–Crippen MR) is 78.0 cm³/mol. The fraction of sp³-hybridized carbons (Fsp3) is 0.167. The highest BCUT2D eigenvalue weighted by Crippen LogP contribution is 2.25. The van der Waals surface area contributed by atoms with E-state index in [0.29, 0.717) is 22.2 Å². The van der Waals surface area contributed by atoms with E-state index >= 15 is 0 Å². The summed E-state index contributed by atoms with van der Waals surface area (Å²) in [5.74, 6) is 0.782. The number of hydrogen-bond donors (Lipinski definition) is 2. The van der Waals surface area contributed by atoms with E-state index in [9.17, 15) is 0 Å². The molecule has 0 fully saturated rings. The third-order valence-corrected chi connectivity index (χ3v) is 2.71. The summed E-state index contributed by atoms with van der Waals surface area (Å²) < 4.78 is 0. The number of benzene rings is 1. The van der Waals surface area contributed by atoms with Crippen LogP contribution in [0.15, 0.2) is 18.2 Å². The van der Waals surface area contributed by atoms with Gasteiger partial charge in [-0.05, 0) is 18.2 Å². The normalized spacial score (nSPS) is 9.90. The maximum atomic E-state index is 8.89. The van der Waals surface area contributed by atoms with Gasteiger partial charge in [0, 0.05) is 14.1 Å². The molecular formula is C12H12ClN7. The van der Waals surface area contributed by atoms with Crippen molar-refractivity contribution in [3.63, 3.8) is 0 Å². The molecule has 1 heterocycles. The van der Waals surface area contributed by atoms with Crippen molar-refractivity contribution in [3.05, 3.63) is 28.8 Å². The van der Waals surface area contributed by atoms with E-state index < -0.39 is 0 Å². The molecule has 0 aliphatic rings. The molecule has 0 saturated carbocycles. The molecule has 0 amide bonds. The van der Waals surface area contributed by atoms with Crippen molar-refractivity contribution in [2.45, 2.75) is 0 Å². The summed E-state index contributed by atoms with van der Waals surface area (Å²) in [6.45, 7) is 0. The van der Waals surface area contributed by atoms with E-state index in [4.69, 9.17) is 22.6 Å². The third-order valence-electron chi connectivity index (χ3n) is 2.38. The molecular weight excluding hydrogens is 278 g/mol. The van der Waals surface area contributed by atoms with Gasteiger partial charge in [0.2, 0.25) is 17.8 Å². The van der Waals surface area contributed by atoms with Gasteiger partial charge in [0.15, 0.2) is 0 Å². The van der Waals surface area contributed by atoms with Crippen LogP contribution in [-0.4, -0.2) is 29.0 Å². The highest BCUT2D eigenvalue weighted by molar-refractivity contribution is 6.33. The maximum absolute atomic E-state index is 8.89. The number of nitrogen functional groups attached to an aromatic ring is 1. The number of rotatable bonds is 3. The smallest absolute Gasteiger partial charge is 0.233 e. The number of anilines is 4. The van der Waals surface area contributed by atoms with Gasteiger partial charge in [0.1, 0.15) is 0 Å². The minimum absolute atomic E-state index is 0.0961. The first-order valence-corrected chi connectivity index (χ1v) is 6.03. The third kappa shape index (κ3) is 3.05. The molecule has 0 atom stereocenters. The SMILES string of the molecule is CN(C)c1nc(N)nc(Nc2cc(C#N)ccc2Cl)n1. The predicted octanol–water partition coefficient (Wildman–Crippen LogP) is 1.79. The highest BCUT2D eigenvalue weighted by Gasteiger charge is 2.08. The largest absolute Gasteiger partial charge is 0.368 e. The van der Waals surface area contributed by atoms with Gasteiger partial charge in [-0.25, -0.2) is 0 Å². The lowest BCUT2D eigenvalue weighted by atomic mass is 10.2. The number of halogens is 1. The van der Waals surface area contributed by atoms with Gasteiger partial charge >= 0.3 is 0 Å². The van der Waals surface area contributed by atoms with Crippen molar-refractivity contribution in [2.75, 3.05) is 30.0 Å². The minimum Gasteiger partial charge on any atom is -0.368 e. The van der Waals surface area contributed by atoms with Crippen molar-refractivity contribution in [1.82, 2.24) is 15.0 Å². The topological polar surface area (TPSA) is 104 Å². The van der Waals surface area contributed by atoms with Crippen LogP contribution >= 0.6 is 11.6 Å². The van der Waals surface area contributed by atoms with Gasteiger partial charge in [-0.1, -0.05) is 11.6 Å². The molecule has 0 spiro atoms. The van der Waals surface area contributed by atoms with E-state index in [0.717, 1.165) is 0 Å². The second kappa shape index (κ2) is 5.59. The van der Waals surface area contributed by atoms with Crippen LogP contribution in [0.2, 0.25) is 5.02 Å². The Morgan fingerprint density at radius 3 is 2.70 bits per heavy atom. The van der Waals surface area contributed by atoms with Crippen LogP contribution in [0.25, 0.3) is 0 Å². The van der Waals surface area contributed by atoms with Gasteiger partial charge in [-0.15, -0.1) is 0 Å². The minimum atomic E-state index is 0.0961. The number of nitrogens with two attached hydrogens (primary N) is 1. The van der Waals surface area contributed by atoms with E-state index in [1.807, 2.05) is 6.07 Å². The van der Waals surface area contributed by atoms with Crippen LogP contribution in [0.4, 0.5) is 23.5 Å². The fourth-order valence-corrected chi connectivity index (χ4v) is 1.61.